The summed E-state index contributed by atoms with van der Waals surface area (Å²) in [4.78, 5) is 20.7. The number of furan rings is 1. The lowest BCUT2D eigenvalue weighted by Gasteiger charge is -2.08. The summed E-state index contributed by atoms with van der Waals surface area (Å²) < 4.78 is 8.77. The van der Waals surface area contributed by atoms with Gasteiger partial charge in [-0.2, -0.15) is 10.2 Å². The number of aryl methyl sites for hydroxylation is 1. The van der Waals surface area contributed by atoms with Crippen LogP contribution in [0, 0.1) is 6.92 Å². The molecule has 0 aromatic carbocycles. The Morgan fingerprint density at radius 1 is 1.15 bits per heavy atom. The molecule has 1 N–H and O–H groups in total. The first kappa shape index (κ1) is 16.7. The lowest BCUT2D eigenvalue weighted by atomic mass is 10.3. The molecule has 0 radical (unpaired) electrons. The molecule has 0 aliphatic heterocycles. The molecule has 0 bridgehead atoms. The van der Waals surface area contributed by atoms with E-state index in [2.05, 4.69) is 25.5 Å². The number of rotatable bonds is 6. The topological polar surface area (TPSA) is 104 Å². The van der Waals surface area contributed by atoms with E-state index in [1.54, 1.807) is 47.8 Å². The van der Waals surface area contributed by atoms with E-state index in [0.29, 0.717) is 18.2 Å². The molecule has 0 aliphatic rings. The van der Waals surface area contributed by atoms with Crippen molar-refractivity contribution in [3.63, 3.8) is 0 Å². The normalized spacial score (nSPS) is 10.9. The summed E-state index contributed by atoms with van der Waals surface area (Å²) in [5, 5.41) is 11.3. The summed E-state index contributed by atoms with van der Waals surface area (Å²) in [7, 11) is 0. The standard InChI is InChI=1S/C18H17N7O2/c1-13-3-4-15(27-13)11-25-16(5-8-21-25)23-17(26)12-24-10-14(9-22-24)18-19-6-2-7-20-18/h2-10H,11-12H2,1H3,(H,23,26). The fourth-order valence-corrected chi connectivity index (χ4v) is 2.63. The van der Waals surface area contributed by atoms with Gasteiger partial charge in [-0.15, -0.1) is 0 Å². The second kappa shape index (κ2) is 7.24. The maximum Gasteiger partial charge on any atom is 0.247 e. The molecule has 27 heavy (non-hydrogen) atoms. The largest absolute Gasteiger partial charge is 0.464 e. The van der Waals surface area contributed by atoms with Gasteiger partial charge >= 0.3 is 0 Å². The van der Waals surface area contributed by atoms with Crippen molar-refractivity contribution in [2.75, 3.05) is 5.32 Å². The zero-order valence-corrected chi connectivity index (χ0v) is 14.6. The number of carbonyl (C=O) groups is 1. The minimum absolute atomic E-state index is 0.0673. The van der Waals surface area contributed by atoms with Crippen molar-refractivity contribution in [1.29, 1.82) is 0 Å². The highest BCUT2D eigenvalue weighted by molar-refractivity contribution is 5.89. The van der Waals surface area contributed by atoms with Crippen LogP contribution in [-0.4, -0.2) is 35.4 Å². The van der Waals surface area contributed by atoms with Crippen molar-refractivity contribution in [2.24, 2.45) is 0 Å². The maximum atomic E-state index is 12.4. The molecular formula is C18H17N7O2. The molecule has 0 saturated carbocycles. The monoisotopic (exact) mass is 363 g/mol. The third-order valence-corrected chi connectivity index (χ3v) is 3.85. The number of nitrogens with one attached hydrogen (secondary N) is 1. The number of carbonyl (C=O) groups excluding carboxylic acids is 1. The highest BCUT2D eigenvalue weighted by Gasteiger charge is 2.11. The third-order valence-electron chi connectivity index (χ3n) is 3.85. The van der Waals surface area contributed by atoms with Gasteiger partial charge in [0.15, 0.2) is 5.82 Å². The summed E-state index contributed by atoms with van der Waals surface area (Å²) in [6.45, 7) is 2.39. The van der Waals surface area contributed by atoms with Gasteiger partial charge in [-0.25, -0.2) is 14.6 Å². The van der Waals surface area contributed by atoms with Crippen molar-refractivity contribution >= 4 is 11.7 Å². The molecule has 0 unspecified atom stereocenters. The predicted molar refractivity (Wildman–Crippen MR) is 96.7 cm³/mol. The van der Waals surface area contributed by atoms with E-state index < -0.39 is 0 Å². The van der Waals surface area contributed by atoms with Gasteiger partial charge in [0.25, 0.3) is 0 Å². The lowest BCUT2D eigenvalue weighted by Crippen LogP contribution is -2.21. The first-order valence-electron chi connectivity index (χ1n) is 8.34. The Kier molecular flexibility index (Phi) is 4.48. The van der Waals surface area contributed by atoms with Crippen LogP contribution in [0.1, 0.15) is 11.5 Å². The van der Waals surface area contributed by atoms with Gasteiger partial charge in [0, 0.05) is 24.7 Å². The molecule has 9 heteroatoms. The Balaban J connectivity index is 1.40. The van der Waals surface area contributed by atoms with Crippen LogP contribution < -0.4 is 5.32 Å². The van der Waals surface area contributed by atoms with Gasteiger partial charge in [-0.1, -0.05) is 0 Å². The molecule has 0 spiro atoms. The minimum Gasteiger partial charge on any atom is -0.464 e. The van der Waals surface area contributed by atoms with E-state index >= 15 is 0 Å². The van der Waals surface area contributed by atoms with Gasteiger partial charge in [0.05, 0.1) is 18.0 Å². The van der Waals surface area contributed by atoms with Crippen molar-refractivity contribution < 1.29 is 9.21 Å². The number of aromatic nitrogens is 6. The molecule has 9 nitrogen and oxygen atoms in total. The molecule has 0 saturated heterocycles. The summed E-state index contributed by atoms with van der Waals surface area (Å²) in [6.07, 6.45) is 8.32. The molecule has 1 amide bonds. The maximum absolute atomic E-state index is 12.4. The second-order valence-electron chi connectivity index (χ2n) is 5.93. The summed E-state index contributed by atoms with van der Waals surface area (Å²) in [6, 6.07) is 7.26. The average Bonchev–Trinajstić information content (AvgIpc) is 3.39. The Labute approximate surface area is 154 Å². The molecule has 4 aromatic heterocycles. The van der Waals surface area contributed by atoms with Gasteiger partial charge in [-0.05, 0) is 25.1 Å². The van der Waals surface area contributed by atoms with Crippen LogP contribution in [0.5, 0.6) is 0 Å². The Morgan fingerprint density at radius 2 is 2.00 bits per heavy atom. The van der Waals surface area contributed by atoms with Gasteiger partial charge < -0.3 is 9.73 Å². The highest BCUT2D eigenvalue weighted by Crippen LogP contribution is 2.14. The first-order chi connectivity index (χ1) is 13.2. The zero-order chi connectivity index (χ0) is 18.6. The number of amides is 1. The number of hydrogen-bond acceptors (Lipinski definition) is 6. The number of nitrogens with zero attached hydrogens (tertiary/aromatic N) is 6. The molecule has 0 fully saturated rings. The molecule has 4 rings (SSSR count). The van der Waals surface area contributed by atoms with Crippen LogP contribution in [0.3, 0.4) is 0 Å². The zero-order valence-electron chi connectivity index (χ0n) is 14.6. The lowest BCUT2D eigenvalue weighted by molar-refractivity contribution is -0.116. The van der Waals surface area contributed by atoms with E-state index in [1.165, 1.54) is 4.68 Å². The Bertz CT molecular complexity index is 1050. The smallest absolute Gasteiger partial charge is 0.247 e. The number of anilines is 1. The Morgan fingerprint density at radius 3 is 2.78 bits per heavy atom. The van der Waals surface area contributed by atoms with Crippen LogP contribution in [0.4, 0.5) is 5.82 Å². The van der Waals surface area contributed by atoms with Gasteiger partial charge in [-0.3, -0.25) is 9.48 Å². The fraction of sp³-hybridized carbons (Fsp3) is 0.167. The van der Waals surface area contributed by atoms with E-state index in [0.717, 1.165) is 17.1 Å². The van der Waals surface area contributed by atoms with Crippen LogP contribution >= 0.6 is 0 Å². The molecule has 4 heterocycles. The van der Waals surface area contributed by atoms with Gasteiger partial charge in [0.1, 0.15) is 30.4 Å². The average molecular weight is 363 g/mol. The van der Waals surface area contributed by atoms with Gasteiger partial charge in [0.2, 0.25) is 5.91 Å². The predicted octanol–water partition coefficient (Wildman–Crippen LogP) is 2.13. The molecule has 136 valence electrons. The van der Waals surface area contributed by atoms with E-state index in [4.69, 9.17) is 4.42 Å². The van der Waals surface area contributed by atoms with E-state index in [-0.39, 0.29) is 12.5 Å². The first-order valence-corrected chi connectivity index (χ1v) is 8.34. The van der Waals surface area contributed by atoms with E-state index in [9.17, 15) is 4.79 Å². The van der Waals surface area contributed by atoms with Crippen molar-refractivity contribution in [1.82, 2.24) is 29.5 Å². The molecular weight excluding hydrogens is 346 g/mol. The van der Waals surface area contributed by atoms with Crippen molar-refractivity contribution in [3.05, 3.63) is 66.8 Å². The van der Waals surface area contributed by atoms with Crippen LogP contribution in [0.25, 0.3) is 11.4 Å². The SMILES string of the molecule is Cc1ccc(Cn2nccc2NC(=O)Cn2cc(-c3ncccn3)cn2)o1. The van der Waals surface area contributed by atoms with Crippen LogP contribution in [0.2, 0.25) is 0 Å². The molecule has 4 aromatic rings. The van der Waals surface area contributed by atoms with Crippen LogP contribution in [-0.2, 0) is 17.9 Å². The van der Waals surface area contributed by atoms with Crippen molar-refractivity contribution in [3.8, 4) is 11.4 Å². The van der Waals surface area contributed by atoms with Crippen LogP contribution in [0.15, 0.2) is 59.7 Å². The number of hydrogen-bond donors (Lipinski definition) is 1. The van der Waals surface area contributed by atoms with E-state index in [1.807, 2.05) is 19.1 Å². The quantitative estimate of drug-likeness (QED) is 0.563. The molecule has 0 aliphatic carbocycles. The summed E-state index contributed by atoms with van der Waals surface area (Å²) >= 11 is 0. The highest BCUT2D eigenvalue weighted by atomic mass is 16.3. The molecule has 0 atom stereocenters. The summed E-state index contributed by atoms with van der Waals surface area (Å²) in [5.74, 6) is 2.55. The summed E-state index contributed by atoms with van der Waals surface area (Å²) in [5.41, 5.74) is 0.752. The fourth-order valence-electron chi connectivity index (χ4n) is 2.63. The second-order valence-corrected chi connectivity index (χ2v) is 5.93. The third kappa shape index (κ3) is 3.92. The minimum atomic E-state index is -0.212. The van der Waals surface area contributed by atoms with Crippen molar-refractivity contribution in [2.45, 2.75) is 20.0 Å². The Hall–Kier alpha value is -3.75.